The van der Waals surface area contributed by atoms with Gasteiger partial charge in [0.05, 0.1) is 18.5 Å². The van der Waals surface area contributed by atoms with Gasteiger partial charge in [-0.15, -0.1) is 0 Å². The summed E-state index contributed by atoms with van der Waals surface area (Å²) in [6.07, 6.45) is 5.97. The van der Waals surface area contributed by atoms with E-state index in [2.05, 4.69) is 35.6 Å². The zero-order valence-corrected chi connectivity index (χ0v) is 17.4. The third-order valence-corrected chi connectivity index (χ3v) is 6.45. The van der Waals surface area contributed by atoms with Gasteiger partial charge in [-0.05, 0) is 66.8 Å². The molecule has 0 aromatic heterocycles. The Morgan fingerprint density at radius 3 is 2.59 bits per heavy atom. The zero-order valence-electron chi connectivity index (χ0n) is 17.4. The zero-order chi connectivity index (χ0) is 20.4. The van der Waals surface area contributed by atoms with Crippen molar-refractivity contribution in [1.82, 2.24) is 10.2 Å². The molecule has 1 heterocycles. The third-order valence-electron chi connectivity index (χ3n) is 6.45. The van der Waals surface area contributed by atoms with E-state index >= 15 is 0 Å². The van der Waals surface area contributed by atoms with Gasteiger partial charge in [-0.1, -0.05) is 42.5 Å². The number of aryl methyl sites for hydroxylation is 2. The van der Waals surface area contributed by atoms with Crippen LogP contribution in [0.1, 0.15) is 73.0 Å². The van der Waals surface area contributed by atoms with E-state index in [1.807, 2.05) is 24.0 Å². The van der Waals surface area contributed by atoms with Gasteiger partial charge in [-0.25, -0.2) is 0 Å². The van der Waals surface area contributed by atoms with Crippen molar-refractivity contribution in [2.45, 2.75) is 64.5 Å². The van der Waals surface area contributed by atoms with Gasteiger partial charge in [-0.3, -0.25) is 9.59 Å². The number of carbonyl (C=O) groups excluding carboxylic acids is 2. The molecule has 4 rings (SSSR count). The van der Waals surface area contributed by atoms with E-state index in [4.69, 9.17) is 0 Å². The van der Waals surface area contributed by atoms with Crippen LogP contribution in [0.2, 0.25) is 0 Å². The van der Waals surface area contributed by atoms with Crippen LogP contribution in [-0.4, -0.2) is 23.3 Å². The van der Waals surface area contributed by atoms with Crippen LogP contribution in [-0.2, 0) is 28.9 Å². The van der Waals surface area contributed by atoms with Crippen LogP contribution < -0.4 is 5.32 Å². The number of amides is 2. The molecule has 0 bridgehead atoms. The minimum Gasteiger partial charge on any atom is -0.350 e. The maximum Gasteiger partial charge on any atom is 0.222 e. The first-order valence-electron chi connectivity index (χ1n) is 10.8. The van der Waals surface area contributed by atoms with E-state index in [1.54, 1.807) is 6.92 Å². The molecule has 2 aromatic carbocycles. The number of fused-ring (bicyclic) bond motifs is 2. The van der Waals surface area contributed by atoms with Gasteiger partial charge in [0.1, 0.15) is 0 Å². The molecule has 0 fully saturated rings. The van der Waals surface area contributed by atoms with Gasteiger partial charge >= 0.3 is 0 Å². The largest absolute Gasteiger partial charge is 0.350 e. The molecule has 1 aliphatic heterocycles. The first-order valence-corrected chi connectivity index (χ1v) is 10.8. The number of hydrogen-bond donors (Lipinski definition) is 1. The molecule has 1 N–H and O–H groups in total. The van der Waals surface area contributed by atoms with Gasteiger partial charge in [0.15, 0.2) is 0 Å². The van der Waals surface area contributed by atoms with Crippen molar-refractivity contribution in [1.29, 1.82) is 0 Å². The highest BCUT2D eigenvalue weighted by atomic mass is 16.2. The Labute approximate surface area is 173 Å². The van der Waals surface area contributed by atoms with Crippen molar-refractivity contribution >= 4 is 11.8 Å². The second-order valence-electron chi connectivity index (χ2n) is 8.41. The normalized spacial score (nSPS) is 19.1. The van der Waals surface area contributed by atoms with Gasteiger partial charge in [0.2, 0.25) is 11.8 Å². The van der Waals surface area contributed by atoms with Crippen LogP contribution >= 0.6 is 0 Å². The fourth-order valence-corrected chi connectivity index (χ4v) is 4.83. The van der Waals surface area contributed by atoms with Crippen LogP contribution in [0.5, 0.6) is 0 Å². The molecule has 2 unspecified atom stereocenters. The summed E-state index contributed by atoms with van der Waals surface area (Å²) >= 11 is 0. The van der Waals surface area contributed by atoms with Crippen molar-refractivity contribution in [3.8, 4) is 0 Å². The molecule has 2 aliphatic rings. The molecule has 4 nitrogen and oxygen atoms in total. The minimum atomic E-state index is -0.187. The van der Waals surface area contributed by atoms with Crippen LogP contribution in [0.3, 0.4) is 0 Å². The number of nitrogens with one attached hydrogen (secondary N) is 1. The average molecular weight is 391 g/mol. The molecule has 29 heavy (non-hydrogen) atoms. The summed E-state index contributed by atoms with van der Waals surface area (Å²) in [5.41, 5.74) is 6.38. The number of nitrogens with zero attached hydrogens (tertiary/aromatic N) is 1. The topological polar surface area (TPSA) is 49.4 Å². The van der Waals surface area contributed by atoms with Gasteiger partial charge in [0, 0.05) is 13.5 Å². The molecule has 1 aliphatic carbocycles. The van der Waals surface area contributed by atoms with Crippen molar-refractivity contribution in [2.24, 2.45) is 0 Å². The smallest absolute Gasteiger partial charge is 0.222 e. The summed E-state index contributed by atoms with van der Waals surface area (Å²) in [5.74, 6) is 0.0169. The molecular weight excluding hydrogens is 360 g/mol. The molecule has 152 valence electrons. The summed E-state index contributed by atoms with van der Waals surface area (Å²) in [5, 5.41) is 3.16. The van der Waals surface area contributed by atoms with Crippen molar-refractivity contribution in [3.63, 3.8) is 0 Å². The Morgan fingerprint density at radius 2 is 1.79 bits per heavy atom. The van der Waals surface area contributed by atoms with Gasteiger partial charge in [0.25, 0.3) is 0 Å². The maximum atomic E-state index is 12.9. The quantitative estimate of drug-likeness (QED) is 0.847. The lowest BCUT2D eigenvalue weighted by Crippen LogP contribution is -2.41. The van der Waals surface area contributed by atoms with Crippen LogP contribution in [0, 0.1) is 0 Å². The summed E-state index contributed by atoms with van der Waals surface area (Å²) in [6, 6.07) is 14.6. The van der Waals surface area contributed by atoms with Gasteiger partial charge in [-0.2, -0.15) is 0 Å². The Kier molecular flexibility index (Phi) is 5.70. The summed E-state index contributed by atoms with van der Waals surface area (Å²) in [7, 11) is 0. The summed E-state index contributed by atoms with van der Waals surface area (Å²) in [6.45, 7) is 4.30. The second kappa shape index (κ2) is 8.40. The van der Waals surface area contributed by atoms with E-state index in [-0.39, 0.29) is 23.9 Å². The first kappa shape index (κ1) is 19.7. The average Bonchev–Trinajstić information content (AvgIpc) is 2.73. The molecule has 0 radical (unpaired) electrons. The van der Waals surface area contributed by atoms with Crippen LogP contribution in [0.25, 0.3) is 0 Å². The van der Waals surface area contributed by atoms with Gasteiger partial charge < -0.3 is 10.2 Å². The molecular formula is C25H30N2O2. The molecule has 0 saturated heterocycles. The summed E-state index contributed by atoms with van der Waals surface area (Å²) < 4.78 is 0. The Morgan fingerprint density at radius 1 is 1.03 bits per heavy atom. The molecule has 2 aromatic rings. The second-order valence-corrected chi connectivity index (χ2v) is 8.41. The van der Waals surface area contributed by atoms with E-state index < -0.39 is 0 Å². The fraction of sp³-hybridized carbons (Fsp3) is 0.440. The number of rotatable bonds is 4. The first-order chi connectivity index (χ1) is 14.0. The Hall–Kier alpha value is -2.62. The molecule has 4 heteroatoms. The van der Waals surface area contributed by atoms with Crippen LogP contribution in [0.15, 0.2) is 42.5 Å². The van der Waals surface area contributed by atoms with E-state index in [1.165, 1.54) is 36.0 Å². The number of benzene rings is 2. The van der Waals surface area contributed by atoms with E-state index in [9.17, 15) is 9.59 Å². The lowest BCUT2D eigenvalue weighted by atomic mass is 9.89. The standard InChI is InChI=1S/C25H30N2O2/c1-17(21-12-11-19-7-3-4-9-22(19)15-21)26-25(29)16-24-23-10-6-5-8-20(23)13-14-27(24)18(2)28/h5-6,8,10-12,15,17,24H,3-4,7,9,13-14,16H2,1-2H3,(H,26,29). The molecule has 0 spiro atoms. The highest BCUT2D eigenvalue weighted by Gasteiger charge is 2.31. The van der Waals surface area contributed by atoms with E-state index in [0.717, 1.165) is 24.0 Å². The fourth-order valence-electron chi connectivity index (χ4n) is 4.83. The van der Waals surface area contributed by atoms with Crippen molar-refractivity contribution < 1.29 is 9.59 Å². The lowest BCUT2D eigenvalue weighted by molar-refractivity contribution is -0.133. The minimum absolute atomic E-state index is 0.0110. The number of carbonyl (C=O) groups is 2. The predicted molar refractivity (Wildman–Crippen MR) is 115 cm³/mol. The highest BCUT2D eigenvalue weighted by Crippen LogP contribution is 2.32. The SMILES string of the molecule is CC(=O)N1CCc2ccccc2C1CC(=O)NC(C)c1ccc2c(c1)CCCC2. The molecule has 0 saturated carbocycles. The maximum absolute atomic E-state index is 12.9. The third kappa shape index (κ3) is 4.21. The predicted octanol–water partition coefficient (Wildman–Crippen LogP) is 4.28. The van der Waals surface area contributed by atoms with Crippen molar-refractivity contribution in [3.05, 3.63) is 70.3 Å². The highest BCUT2D eigenvalue weighted by molar-refractivity contribution is 5.80. The molecule has 2 amide bonds. The lowest BCUT2D eigenvalue weighted by Gasteiger charge is -2.36. The number of hydrogen-bond acceptors (Lipinski definition) is 2. The molecule has 2 atom stereocenters. The Balaban J connectivity index is 1.47. The van der Waals surface area contributed by atoms with E-state index in [0.29, 0.717) is 13.0 Å². The Bertz CT molecular complexity index is 921. The summed E-state index contributed by atoms with van der Waals surface area (Å²) in [4.78, 5) is 26.9. The monoisotopic (exact) mass is 390 g/mol. The van der Waals surface area contributed by atoms with Crippen LogP contribution in [0.4, 0.5) is 0 Å². The van der Waals surface area contributed by atoms with Crippen molar-refractivity contribution in [2.75, 3.05) is 6.54 Å².